The largest absolute Gasteiger partial charge is 0.368 e. The Balaban J connectivity index is 0. The Bertz CT molecular complexity index is 68.2. The van der Waals surface area contributed by atoms with Gasteiger partial charge in [-0.3, -0.25) is 0 Å². The monoisotopic (exact) mass is 181 g/mol. The quantitative estimate of drug-likeness (QED) is 0.587. The van der Waals surface area contributed by atoms with Gasteiger partial charge in [-0.2, -0.15) is 9.90 Å². The van der Waals surface area contributed by atoms with E-state index < -0.39 is 0 Å². The first-order chi connectivity index (χ1) is 2.50. The van der Waals surface area contributed by atoms with Gasteiger partial charge in [0.2, 0.25) is 0 Å². The number of aromatic amines is 1. The Morgan fingerprint density at radius 1 is 1.00 bits per heavy atom. The summed E-state index contributed by atoms with van der Waals surface area (Å²) in [6, 6.07) is 3.89. The highest BCUT2D eigenvalue weighted by molar-refractivity contribution is 8.93. The van der Waals surface area contributed by atoms with Crippen LogP contribution in [0.2, 0.25) is 0 Å². The molecule has 1 aromatic heterocycles. The van der Waals surface area contributed by atoms with Crippen LogP contribution < -0.4 is 0 Å². The van der Waals surface area contributed by atoms with Gasteiger partial charge in [-0.15, -0.1) is 17.0 Å². The predicted octanol–water partition coefficient (Wildman–Crippen LogP) is 1.65. The van der Waals surface area contributed by atoms with Gasteiger partial charge in [-0.05, 0) is 12.1 Å². The van der Waals surface area contributed by atoms with Crippen molar-refractivity contribution in [2.75, 3.05) is 0 Å². The van der Waals surface area contributed by atoms with Crippen molar-refractivity contribution in [1.82, 2.24) is 4.98 Å². The molecule has 0 fully saturated rings. The van der Waals surface area contributed by atoms with Crippen molar-refractivity contribution in [2.45, 2.75) is 0 Å². The first-order valence-electron chi connectivity index (χ1n) is 1.58. The molecule has 0 saturated carbocycles. The number of aromatic nitrogens is 1. The van der Waals surface area contributed by atoms with Gasteiger partial charge in [0.05, 0.1) is 0 Å². The van der Waals surface area contributed by atoms with Crippen LogP contribution in [-0.4, -0.2) is 4.98 Å². The van der Waals surface area contributed by atoms with Crippen LogP contribution in [0, 0.1) is 0 Å². The van der Waals surface area contributed by atoms with Gasteiger partial charge >= 0.3 is 0 Å². The molecule has 0 aliphatic carbocycles. The van der Waals surface area contributed by atoms with Crippen LogP contribution in [0.15, 0.2) is 24.5 Å². The molecule has 1 nitrogen and oxygen atoms in total. The maximum absolute atomic E-state index is 2.86. The maximum atomic E-state index is 2.86. The Kier molecular flexibility index (Phi) is 9.04. The molecule has 0 spiro atoms. The molecule has 0 aromatic carbocycles. The van der Waals surface area contributed by atoms with E-state index in [1.165, 1.54) is 0 Å². The molecule has 1 unspecified atom stereocenters. The van der Waals surface area contributed by atoms with E-state index in [4.69, 9.17) is 0 Å². The van der Waals surface area contributed by atoms with E-state index in [0.717, 1.165) is 0 Å². The number of hydrogen-bond acceptors (Lipinski definition) is 0. The van der Waals surface area contributed by atoms with Gasteiger partial charge < -0.3 is 4.98 Å². The molecule has 7 heavy (non-hydrogen) atoms. The fraction of sp³-hybridized carbons (Fsp3) is 0. The molecule has 1 rings (SSSR count). The molecular formula is C4H9BrNP. The van der Waals surface area contributed by atoms with Crippen LogP contribution in [0.25, 0.3) is 0 Å². The highest BCUT2D eigenvalue weighted by Crippen LogP contribution is 1.72. The molecule has 1 atom stereocenters. The summed E-state index contributed by atoms with van der Waals surface area (Å²) in [4.78, 5) is 2.86. The minimum absolute atomic E-state index is 0. The molecule has 0 radical (unpaired) electrons. The summed E-state index contributed by atoms with van der Waals surface area (Å²) in [5.74, 6) is 0. The average Bonchev–Trinajstić information content (AvgIpc) is 1.76. The van der Waals surface area contributed by atoms with E-state index >= 15 is 0 Å². The van der Waals surface area contributed by atoms with Gasteiger partial charge in [0.1, 0.15) is 0 Å². The molecule has 1 N–H and O–H groups in total. The molecule has 0 saturated heterocycles. The number of hydrogen-bond donors (Lipinski definition) is 1. The summed E-state index contributed by atoms with van der Waals surface area (Å²) in [5.41, 5.74) is 0. The summed E-state index contributed by atoms with van der Waals surface area (Å²) >= 11 is 0. The lowest BCUT2D eigenvalue weighted by Gasteiger charge is -1.49. The second kappa shape index (κ2) is 6.19. The zero-order valence-corrected chi connectivity index (χ0v) is 7.05. The van der Waals surface area contributed by atoms with Crippen LogP contribution in [-0.2, 0) is 0 Å². The Hall–Kier alpha value is 0.190. The van der Waals surface area contributed by atoms with Crippen LogP contribution in [0.5, 0.6) is 0 Å². The van der Waals surface area contributed by atoms with Gasteiger partial charge in [0.25, 0.3) is 0 Å². The fourth-order valence-electron chi connectivity index (χ4n) is 0.278. The van der Waals surface area contributed by atoms with Crippen molar-refractivity contribution >= 4 is 26.9 Å². The highest BCUT2D eigenvalue weighted by Gasteiger charge is 1.55. The highest BCUT2D eigenvalue weighted by atomic mass is 79.9. The number of nitrogens with one attached hydrogen (secondary N) is 1. The van der Waals surface area contributed by atoms with Crippen molar-refractivity contribution < 1.29 is 0 Å². The fourth-order valence-corrected chi connectivity index (χ4v) is 0.278. The standard InChI is InChI=1S/C4H5N.BrH.H3P/c1-2-4-5-3-1;;/h1-5H;1H;1H3. The zero-order chi connectivity index (χ0) is 3.54. The van der Waals surface area contributed by atoms with E-state index in [9.17, 15) is 0 Å². The smallest absolute Gasteiger partial charge is 0.000496 e. The molecule has 3 heteroatoms. The molecule has 42 valence electrons. The normalized spacial score (nSPS) is 5.71. The molecule has 0 aliphatic rings. The average molecular weight is 182 g/mol. The second-order valence-electron chi connectivity index (χ2n) is 0.885. The van der Waals surface area contributed by atoms with Crippen molar-refractivity contribution in [3.05, 3.63) is 24.5 Å². The Labute approximate surface area is 56.9 Å². The number of H-pyrrole nitrogens is 1. The van der Waals surface area contributed by atoms with Gasteiger partial charge in [-0.25, -0.2) is 0 Å². The minimum atomic E-state index is 0. The maximum Gasteiger partial charge on any atom is 0.000496 e. The Morgan fingerprint density at radius 2 is 1.43 bits per heavy atom. The first kappa shape index (κ1) is 10.2. The van der Waals surface area contributed by atoms with Crippen LogP contribution >= 0.6 is 26.9 Å². The van der Waals surface area contributed by atoms with Gasteiger partial charge in [0.15, 0.2) is 0 Å². The SMILES string of the molecule is Br.P.c1cc[nH]c1. The third kappa shape index (κ3) is 4.03. The number of rotatable bonds is 0. The topological polar surface area (TPSA) is 15.8 Å². The summed E-state index contributed by atoms with van der Waals surface area (Å²) in [7, 11) is 0. The summed E-state index contributed by atoms with van der Waals surface area (Å²) in [6.07, 6.45) is 3.75. The van der Waals surface area contributed by atoms with Gasteiger partial charge in [0, 0.05) is 12.4 Å². The summed E-state index contributed by atoms with van der Waals surface area (Å²) in [6.45, 7) is 0. The third-order valence-corrected chi connectivity index (χ3v) is 0.496. The minimum Gasteiger partial charge on any atom is -0.368 e. The number of halogens is 1. The van der Waals surface area contributed by atoms with Crippen molar-refractivity contribution in [2.24, 2.45) is 0 Å². The molecular weight excluding hydrogens is 173 g/mol. The second-order valence-corrected chi connectivity index (χ2v) is 0.885. The van der Waals surface area contributed by atoms with E-state index in [2.05, 4.69) is 4.98 Å². The lowest BCUT2D eigenvalue weighted by molar-refractivity contribution is 1.42. The molecule has 0 amide bonds. The molecule has 0 bridgehead atoms. The lowest BCUT2D eigenvalue weighted by atomic mass is 10.7. The first-order valence-corrected chi connectivity index (χ1v) is 1.58. The molecule has 1 aromatic rings. The van der Waals surface area contributed by atoms with Crippen molar-refractivity contribution in [3.8, 4) is 0 Å². The van der Waals surface area contributed by atoms with E-state index in [1.54, 1.807) is 0 Å². The van der Waals surface area contributed by atoms with Gasteiger partial charge in [-0.1, -0.05) is 0 Å². The van der Waals surface area contributed by atoms with Crippen molar-refractivity contribution in [3.63, 3.8) is 0 Å². The van der Waals surface area contributed by atoms with Crippen LogP contribution in [0.3, 0.4) is 0 Å². The van der Waals surface area contributed by atoms with E-state index in [0.29, 0.717) is 0 Å². The van der Waals surface area contributed by atoms with Crippen molar-refractivity contribution in [1.29, 1.82) is 0 Å². The predicted molar refractivity (Wildman–Crippen MR) is 42.2 cm³/mol. The molecule has 0 aliphatic heterocycles. The summed E-state index contributed by atoms with van der Waals surface area (Å²) < 4.78 is 0. The summed E-state index contributed by atoms with van der Waals surface area (Å²) in [5, 5.41) is 0. The zero-order valence-electron chi connectivity index (χ0n) is 3.92. The Morgan fingerprint density at radius 3 is 1.57 bits per heavy atom. The van der Waals surface area contributed by atoms with Crippen LogP contribution in [0.4, 0.5) is 0 Å². The molecule has 1 heterocycles. The van der Waals surface area contributed by atoms with Crippen LogP contribution in [0.1, 0.15) is 0 Å². The van der Waals surface area contributed by atoms with E-state index in [-0.39, 0.29) is 26.9 Å². The van der Waals surface area contributed by atoms with E-state index in [1.807, 2.05) is 24.5 Å². The lowest BCUT2D eigenvalue weighted by Crippen LogP contribution is -1.38. The third-order valence-electron chi connectivity index (χ3n) is 0.496.